The number of nitrogens with zero attached hydrogens (tertiary/aromatic N) is 4. The van der Waals surface area contributed by atoms with Crippen LogP contribution < -0.4 is 5.73 Å². The molecule has 6 nitrogen and oxygen atoms in total. The van der Waals surface area contributed by atoms with Crippen molar-refractivity contribution in [2.45, 2.75) is 51.8 Å². The molecule has 0 atom stereocenters. The number of anilines is 1. The molecule has 0 unspecified atom stereocenters. The van der Waals surface area contributed by atoms with Crippen molar-refractivity contribution < 1.29 is 4.74 Å². The van der Waals surface area contributed by atoms with Gasteiger partial charge >= 0.3 is 0 Å². The van der Waals surface area contributed by atoms with E-state index < -0.39 is 8.07 Å². The molecule has 0 radical (unpaired) electrons. The third-order valence-corrected chi connectivity index (χ3v) is 5.70. The van der Waals surface area contributed by atoms with Gasteiger partial charge < -0.3 is 10.5 Å². The predicted octanol–water partition coefficient (Wildman–Crippen LogP) is 2.59. The third kappa shape index (κ3) is 3.25. The van der Waals surface area contributed by atoms with Crippen LogP contribution in [0.3, 0.4) is 0 Å². The van der Waals surface area contributed by atoms with Crippen LogP contribution in [0.1, 0.15) is 12.1 Å². The van der Waals surface area contributed by atoms with Crippen LogP contribution in [0.5, 0.6) is 0 Å². The van der Waals surface area contributed by atoms with Crippen LogP contribution in [-0.4, -0.2) is 34.2 Å². The highest BCUT2D eigenvalue weighted by Crippen LogP contribution is 2.30. The normalized spacial score (nSPS) is 14.5. The lowest BCUT2D eigenvalue weighted by Crippen LogP contribution is -2.22. The zero-order valence-corrected chi connectivity index (χ0v) is 14.7. The summed E-state index contributed by atoms with van der Waals surface area (Å²) in [4.78, 5) is 0. The van der Waals surface area contributed by atoms with Gasteiger partial charge in [-0.1, -0.05) is 19.6 Å². The minimum atomic E-state index is -1.05. The van der Waals surface area contributed by atoms with Crippen LogP contribution in [0.4, 0.5) is 5.69 Å². The summed E-state index contributed by atoms with van der Waals surface area (Å²) in [7, 11) is -1.05. The molecule has 1 aliphatic rings. The molecule has 2 aromatic rings. The van der Waals surface area contributed by atoms with Crippen LogP contribution in [0.25, 0.3) is 11.3 Å². The molecule has 0 spiro atoms. The smallest absolute Gasteiger partial charge is 0.139 e. The number of aryl methyl sites for hydroxylation is 1. The zero-order valence-electron chi connectivity index (χ0n) is 13.7. The molecule has 0 amide bonds. The lowest BCUT2D eigenvalue weighted by molar-refractivity contribution is 0.0788. The Hall–Kier alpha value is -1.60. The summed E-state index contributed by atoms with van der Waals surface area (Å²) >= 11 is 0. The molecule has 0 aromatic carbocycles. The Balaban J connectivity index is 1.66. The highest BCUT2D eigenvalue weighted by Gasteiger charge is 2.21. The molecule has 0 bridgehead atoms. The number of ether oxygens (including phenoxy) is 1. The molecular weight excluding hydrogens is 294 g/mol. The molecular formula is C15H25N5OSi. The van der Waals surface area contributed by atoms with E-state index in [9.17, 15) is 0 Å². The van der Waals surface area contributed by atoms with Crippen molar-refractivity contribution in [1.82, 2.24) is 19.6 Å². The molecule has 3 rings (SSSR count). The monoisotopic (exact) mass is 319 g/mol. The Morgan fingerprint density at radius 2 is 2.18 bits per heavy atom. The van der Waals surface area contributed by atoms with E-state index in [2.05, 4.69) is 34.5 Å². The van der Waals surface area contributed by atoms with Crippen LogP contribution >= 0.6 is 0 Å². The molecule has 3 heterocycles. The van der Waals surface area contributed by atoms with Crippen molar-refractivity contribution in [1.29, 1.82) is 0 Å². The van der Waals surface area contributed by atoms with E-state index in [0.717, 1.165) is 43.3 Å². The predicted molar refractivity (Wildman–Crippen MR) is 90.3 cm³/mol. The van der Waals surface area contributed by atoms with E-state index in [1.54, 1.807) is 4.68 Å². The van der Waals surface area contributed by atoms with Gasteiger partial charge in [-0.3, -0.25) is 4.68 Å². The SMILES string of the molecule is C[Si](C)(C)CCOCn1cc(N)c(-c2cnn3c2CCC3)n1. The second-order valence-electron chi connectivity index (χ2n) is 7.15. The number of hydrogen-bond donors (Lipinski definition) is 1. The molecule has 2 N–H and O–H groups in total. The Morgan fingerprint density at radius 3 is 2.95 bits per heavy atom. The molecule has 0 fully saturated rings. The number of fused-ring (bicyclic) bond motifs is 1. The number of hydrogen-bond acceptors (Lipinski definition) is 4. The van der Waals surface area contributed by atoms with Crippen molar-refractivity contribution in [3.05, 3.63) is 18.1 Å². The fourth-order valence-corrected chi connectivity index (χ4v) is 3.47. The fraction of sp³-hybridized carbons (Fsp3) is 0.600. The van der Waals surface area contributed by atoms with Crippen molar-refractivity contribution in [2.75, 3.05) is 12.3 Å². The average Bonchev–Trinajstić information content (AvgIpc) is 3.09. The lowest BCUT2D eigenvalue weighted by Gasteiger charge is -2.15. The van der Waals surface area contributed by atoms with Gasteiger partial charge in [-0.15, -0.1) is 0 Å². The summed E-state index contributed by atoms with van der Waals surface area (Å²) in [6.45, 7) is 9.28. The summed E-state index contributed by atoms with van der Waals surface area (Å²) in [6, 6.07) is 1.16. The van der Waals surface area contributed by atoms with Gasteiger partial charge in [0.25, 0.3) is 0 Å². The van der Waals surface area contributed by atoms with Crippen LogP contribution in [-0.2, 0) is 24.4 Å². The van der Waals surface area contributed by atoms with Crippen molar-refractivity contribution >= 4 is 13.8 Å². The van der Waals surface area contributed by atoms with Crippen LogP contribution in [0.2, 0.25) is 25.7 Å². The van der Waals surface area contributed by atoms with Gasteiger partial charge in [0.1, 0.15) is 12.4 Å². The summed E-state index contributed by atoms with van der Waals surface area (Å²) in [5.74, 6) is 0. The standard InChI is InChI=1S/C15H25N5OSi/c1-22(2,3)8-7-21-11-19-10-13(16)15(18-19)12-9-17-20-6-4-5-14(12)20/h9-10H,4-8,11,16H2,1-3H3. The van der Waals surface area contributed by atoms with Crippen molar-refractivity contribution in [2.24, 2.45) is 0 Å². The first-order chi connectivity index (χ1) is 10.4. The Labute approximate surface area is 132 Å². The number of rotatable bonds is 6. The molecule has 0 aliphatic carbocycles. The Kier molecular flexibility index (Phi) is 4.09. The first-order valence-electron chi connectivity index (χ1n) is 7.90. The Bertz CT molecular complexity index is 655. The molecule has 120 valence electrons. The summed E-state index contributed by atoms with van der Waals surface area (Å²) in [5.41, 5.74) is 9.97. The maximum absolute atomic E-state index is 6.13. The van der Waals surface area contributed by atoms with Gasteiger partial charge in [0, 0.05) is 32.5 Å². The summed E-state index contributed by atoms with van der Waals surface area (Å²) in [6.07, 6.45) is 5.93. The number of nitrogen functional groups attached to an aromatic ring is 1. The summed E-state index contributed by atoms with van der Waals surface area (Å²) in [5, 5.41) is 9.00. The van der Waals surface area contributed by atoms with E-state index in [1.807, 2.05) is 12.4 Å². The van der Waals surface area contributed by atoms with Crippen molar-refractivity contribution in [3.63, 3.8) is 0 Å². The van der Waals surface area contributed by atoms with E-state index in [4.69, 9.17) is 10.5 Å². The van der Waals surface area contributed by atoms with Crippen LogP contribution in [0, 0.1) is 0 Å². The minimum absolute atomic E-state index is 0.456. The maximum Gasteiger partial charge on any atom is 0.139 e. The zero-order chi connectivity index (χ0) is 15.7. The lowest BCUT2D eigenvalue weighted by atomic mass is 10.1. The second kappa shape index (κ2) is 5.89. The Morgan fingerprint density at radius 1 is 1.36 bits per heavy atom. The molecule has 1 aliphatic heterocycles. The third-order valence-electron chi connectivity index (χ3n) is 4.00. The molecule has 0 saturated heterocycles. The minimum Gasteiger partial charge on any atom is -0.396 e. The van der Waals surface area contributed by atoms with Gasteiger partial charge in [0.05, 0.1) is 18.1 Å². The molecule has 7 heteroatoms. The molecule has 22 heavy (non-hydrogen) atoms. The van der Waals surface area contributed by atoms with E-state index in [1.165, 1.54) is 5.69 Å². The van der Waals surface area contributed by atoms with Gasteiger partial charge in [0.15, 0.2) is 0 Å². The van der Waals surface area contributed by atoms with E-state index >= 15 is 0 Å². The molecule has 0 saturated carbocycles. The summed E-state index contributed by atoms with van der Waals surface area (Å²) < 4.78 is 9.57. The number of aromatic nitrogens is 4. The fourth-order valence-electron chi connectivity index (χ4n) is 2.71. The quantitative estimate of drug-likeness (QED) is 0.656. The van der Waals surface area contributed by atoms with E-state index in [-0.39, 0.29) is 0 Å². The van der Waals surface area contributed by atoms with Crippen LogP contribution in [0.15, 0.2) is 12.4 Å². The largest absolute Gasteiger partial charge is 0.396 e. The number of nitrogens with two attached hydrogens (primary N) is 1. The topological polar surface area (TPSA) is 70.9 Å². The average molecular weight is 319 g/mol. The highest BCUT2D eigenvalue weighted by atomic mass is 28.3. The van der Waals surface area contributed by atoms with Gasteiger partial charge in [-0.2, -0.15) is 10.2 Å². The molecule has 2 aromatic heterocycles. The maximum atomic E-state index is 6.13. The van der Waals surface area contributed by atoms with Gasteiger partial charge in [-0.05, 0) is 18.9 Å². The van der Waals surface area contributed by atoms with Gasteiger partial charge in [0.2, 0.25) is 0 Å². The van der Waals surface area contributed by atoms with Gasteiger partial charge in [-0.25, -0.2) is 4.68 Å². The second-order valence-corrected chi connectivity index (χ2v) is 12.8. The highest BCUT2D eigenvalue weighted by molar-refractivity contribution is 6.76. The first-order valence-corrected chi connectivity index (χ1v) is 11.6. The first kappa shape index (κ1) is 15.3. The van der Waals surface area contributed by atoms with Crippen molar-refractivity contribution in [3.8, 4) is 11.3 Å². The van der Waals surface area contributed by atoms with E-state index in [0.29, 0.717) is 12.4 Å².